The number of hydrogen-bond donors (Lipinski definition) is 2. The lowest BCUT2D eigenvalue weighted by atomic mass is 10.1. The van der Waals surface area contributed by atoms with Gasteiger partial charge in [0, 0.05) is 17.8 Å². The molecule has 3 heteroatoms. The van der Waals surface area contributed by atoms with Crippen LogP contribution in [0.15, 0.2) is 49.1 Å². The Balaban J connectivity index is 2.18. The quantitative estimate of drug-likeness (QED) is 0.742. The van der Waals surface area contributed by atoms with Gasteiger partial charge in [-0.1, -0.05) is 23.8 Å². The van der Waals surface area contributed by atoms with Crippen molar-refractivity contribution in [1.29, 1.82) is 0 Å². The van der Waals surface area contributed by atoms with Crippen molar-refractivity contribution in [2.45, 2.75) is 26.8 Å². The van der Waals surface area contributed by atoms with Crippen LogP contribution in [0.4, 0.5) is 5.69 Å². The first kappa shape index (κ1) is 16.0. The Kier molecular flexibility index (Phi) is 5.48. The van der Waals surface area contributed by atoms with Crippen LogP contribution in [0.3, 0.4) is 0 Å². The first-order valence-electron chi connectivity index (χ1n) is 7.53. The SMILES string of the molecule is C=CCc1cc(CNc2ccc(C)cc2)cc(OCC)c1O. The summed E-state index contributed by atoms with van der Waals surface area (Å²) in [6.07, 6.45) is 2.40. The molecule has 0 aliphatic carbocycles. The van der Waals surface area contributed by atoms with Gasteiger partial charge in [0.15, 0.2) is 11.5 Å². The number of aryl methyl sites for hydroxylation is 1. The Morgan fingerprint density at radius 2 is 1.95 bits per heavy atom. The van der Waals surface area contributed by atoms with Gasteiger partial charge in [0.2, 0.25) is 0 Å². The van der Waals surface area contributed by atoms with Crippen LogP contribution in [-0.4, -0.2) is 11.7 Å². The van der Waals surface area contributed by atoms with Gasteiger partial charge < -0.3 is 15.2 Å². The normalized spacial score (nSPS) is 10.3. The number of allylic oxidation sites excluding steroid dienone is 1. The Labute approximate surface area is 132 Å². The summed E-state index contributed by atoms with van der Waals surface area (Å²) in [5.74, 6) is 0.739. The number of nitrogens with one attached hydrogen (secondary N) is 1. The van der Waals surface area contributed by atoms with E-state index in [0.717, 1.165) is 16.8 Å². The minimum atomic E-state index is 0.209. The van der Waals surface area contributed by atoms with Crippen molar-refractivity contribution in [3.8, 4) is 11.5 Å². The summed E-state index contributed by atoms with van der Waals surface area (Å²) in [6, 6.07) is 12.1. The average molecular weight is 297 g/mol. The number of phenols is 1. The van der Waals surface area contributed by atoms with E-state index in [0.29, 0.717) is 25.3 Å². The number of anilines is 1. The Bertz CT molecular complexity index is 633. The van der Waals surface area contributed by atoms with Crippen molar-refractivity contribution in [2.24, 2.45) is 0 Å². The molecule has 0 heterocycles. The van der Waals surface area contributed by atoms with Gasteiger partial charge in [-0.25, -0.2) is 0 Å². The number of hydrogen-bond acceptors (Lipinski definition) is 3. The largest absolute Gasteiger partial charge is 0.504 e. The molecule has 0 fully saturated rings. The molecular weight excluding hydrogens is 274 g/mol. The average Bonchev–Trinajstić information content (AvgIpc) is 2.51. The highest BCUT2D eigenvalue weighted by atomic mass is 16.5. The van der Waals surface area contributed by atoms with E-state index in [1.54, 1.807) is 6.08 Å². The molecule has 0 amide bonds. The lowest BCUT2D eigenvalue weighted by molar-refractivity contribution is 0.316. The lowest BCUT2D eigenvalue weighted by Crippen LogP contribution is -2.02. The monoisotopic (exact) mass is 297 g/mol. The summed E-state index contributed by atoms with van der Waals surface area (Å²) < 4.78 is 5.52. The van der Waals surface area contributed by atoms with E-state index in [4.69, 9.17) is 4.74 Å². The summed E-state index contributed by atoms with van der Waals surface area (Å²) in [6.45, 7) is 8.91. The fourth-order valence-electron chi connectivity index (χ4n) is 2.28. The Morgan fingerprint density at radius 1 is 1.23 bits per heavy atom. The molecule has 2 aromatic rings. The first-order chi connectivity index (χ1) is 10.6. The third kappa shape index (κ3) is 4.04. The maximum atomic E-state index is 10.2. The van der Waals surface area contributed by atoms with Crippen LogP contribution in [-0.2, 0) is 13.0 Å². The second kappa shape index (κ2) is 7.55. The van der Waals surface area contributed by atoms with E-state index >= 15 is 0 Å². The highest BCUT2D eigenvalue weighted by Gasteiger charge is 2.10. The summed E-state index contributed by atoms with van der Waals surface area (Å²) in [5, 5.41) is 13.6. The fourth-order valence-corrected chi connectivity index (χ4v) is 2.28. The van der Waals surface area contributed by atoms with E-state index in [9.17, 15) is 5.11 Å². The lowest BCUT2D eigenvalue weighted by Gasteiger charge is -2.13. The zero-order chi connectivity index (χ0) is 15.9. The molecule has 0 saturated carbocycles. The van der Waals surface area contributed by atoms with Gasteiger partial charge in [-0.05, 0) is 50.1 Å². The van der Waals surface area contributed by atoms with E-state index in [1.165, 1.54) is 5.56 Å². The van der Waals surface area contributed by atoms with Gasteiger partial charge in [0.05, 0.1) is 6.61 Å². The molecule has 0 aromatic heterocycles. The van der Waals surface area contributed by atoms with Crippen LogP contribution >= 0.6 is 0 Å². The van der Waals surface area contributed by atoms with Gasteiger partial charge in [-0.15, -0.1) is 6.58 Å². The molecule has 0 radical (unpaired) electrons. The van der Waals surface area contributed by atoms with Gasteiger partial charge in [-0.3, -0.25) is 0 Å². The van der Waals surface area contributed by atoms with Crippen LogP contribution < -0.4 is 10.1 Å². The third-order valence-corrected chi connectivity index (χ3v) is 3.43. The Morgan fingerprint density at radius 3 is 2.59 bits per heavy atom. The number of rotatable bonds is 7. The number of benzene rings is 2. The predicted molar refractivity (Wildman–Crippen MR) is 91.7 cm³/mol. The summed E-state index contributed by atoms with van der Waals surface area (Å²) >= 11 is 0. The molecule has 0 saturated heterocycles. The van der Waals surface area contributed by atoms with Crippen molar-refractivity contribution < 1.29 is 9.84 Å². The number of aromatic hydroxyl groups is 1. The molecule has 0 aliphatic rings. The predicted octanol–water partition coefficient (Wildman–Crippen LogP) is 4.44. The van der Waals surface area contributed by atoms with E-state index in [2.05, 4.69) is 43.1 Å². The van der Waals surface area contributed by atoms with E-state index in [-0.39, 0.29) is 5.75 Å². The van der Waals surface area contributed by atoms with Crippen molar-refractivity contribution >= 4 is 5.69 Å². The molecule has 3 nitrogen and oxygen atoms in total. The van der Waals surface area contributed by atoms with Gasteiger partial charge in [-0.2, -0.15) is 0 Å². The van der Waals surface area contributed by atoms with E-state index < -0.39 is 0 Å². The van der Waals surface area contributed by atoms with Crippen molar-refractivity contribution in [3.63, 3.8) is 0 Å². The highest BCUT2D eigenvalue weighted by Crippen LogP contribution is 2.32. The molecule has 0 aliphatic heterocycles. The maximum Gasteiger partial charge on any atom is 0.161 e. The minimum absolute atomic E-state index is 0.209. The minimum Gasteiger partial charge on any atom is -0.504 e. The topological polar surface area (TPSA) is 41.5 Å². The van der Waals surface area contributed by atoms with Gasteiger partial charge in [0.25, 0.3) is 0 Å². The zero-order valence-electron chi connectivity index (χ0n) is 13.2. The number of phenolic OH excluding ortho intramolecular Hbond substituents is 1. The highest BCUT2D eigenvalue weighted by molar-refractivity contribution is 5.51. The smallest absolute Gasteiger partial charge is 0.161 e. The standard InChI is InChI=1S/C19H23NO2/c1-4-6-16-11-15(12-18(19(16)21)22-5-2)13-20-17-9-7-14(3)8-10-17/h4,7-12,20-21H,1,5-6,13H2,2-3H3. The molecular formula is C19H23NO2. The van der Waals surface area contributed by atoms with Crippen LogP contribution in [0.1, 0.15) is 23.6 Å². The number of ether oxygens (including phenoxy) is 1. The molecule has 2 rings (SSSR count). The molecule has 0 bridgehead atoms. The molecule has 0 atom stereocenters. The van der Waals surface area contributed by atoms with Crippen molar-refractivity contribution in [1.82, 2.24) is 0 Å². The third-order valence-electron chi connectivity index (χ3n) is 3.43. The molecule has 22 heavy (non-hydrogen) atoms. The second-order valence-corrected chi connectivity index (χ2v) is 5.25. The van der Waals surface area contributed by atoms with Crippen molar-refractivity contribution in [2.75, 3.05) is 11.9 Å². The first-order valence-corrected chi connectivity index (χ1v) is 7.53. The van der Waals surface area contributed by atoms with Gasteiger partial charge in [0.1, 0.15) is 0 Å². The fraction of sp³-hybridized carbons (Fsp3) is 0.263. The van der Waals surface area contributed by atoms with Crippen LogP contribution in [0.5, 0.6) is 11.5 Å². The maximum absolute atomic E-state index is 10.2. The second-order valence-electron chi connectivity index (χ2n) is 5.25. The van der Waals surface area contributed by atoms with Crippen LogP contribution in [0.2, 0.25) is 0 Å². The molecule has 0 unspecified atom stereocenters. The molecule has 116 valence electrons. The van der Waals surface area contributed by atoms with Crippen LogP contribution in [0, 0.1) is 6.92 Å². The Hall–Kier alpha value is -2.42. The van der Waals surface area contributed by atoms with E-state index in [1.807, 2.05) is 19.1 Å². The summed E-state index contributed by atoms with van der Waals surface area (Å²) in [5.41, 5.74) is 4.21. The molecule has 2 aromatic carbocycles. The summed E-state index contributed by atoms with van der Waals surface area (Å²) in [4.78, 5) is 0. The summed E-state index contributed by atoms with van der Waals surface area (Å²) in [7, 11) is 0. The van der Waals surface area contributed by atoms with Crippen molar-refractivity contribution in [3.05, 3.63) is 65.7 Å². The molecule has 2 N–H and O–H groups in total. The van der Waals surface area contributed by atoms with Crippen LogP contribution in [0.25, 0.3) is 0 Å². The van der Waals surface area contributed by atoms with Gasteiger partial charge >= 0.3 is 0 Å². The molecule has 0 spiro atoms. The zero-order valence-corrected chi connectivity index (χ0v) is 13.2.